The van der Waals surface area contributed by atoms with Crippen LogP contribution in [0.25, 0.3) is 0 Å². The Hall–Kier alpha value is -1.35. The van der Waals surface area contributed by atoms with Crippen molar-refractivity contribution < 1.29 is 14.6 Å². The van der Waals surface area contributed by atoms with Crippen molar-refractivity contribution >= 4 is 5.97 Å². The lowest BCUT2D eigenvalue weighted by Gasteiger charge is -2.06. The molecule has 1 aromatic carbocycles. The fourth-order valence-corrected chi connectivity index (χ4v) is 1.03. The van der Waals surface area contributed by atoms with E-state index in [4.69, 9.17) is 9.84 Å². The van der Waals surface area contributed by atoms with Crippen LogP contribution in [0.2, 0.25) is 0 Å². The van der Waals surface area contributed by atoms with E-state index in [1.807, 2.05) is 30.3 Å². The quantitative estimate of drug-likeness (QED) is 0.731. The molecule has 0 fully saturated rings. The predicted molar refractivity (Wildman–Crippen MR) is 52.8 cm³/mol. The van der Waals surface area contributed by atoms with Gasteiger partial charge in [0.25, 0.3) is 0 Å². The molecule has 0 spiro atoms. The molecule has 0 bridgehead atoms. The average molecular weight is 194 g/mol. The van der Waals surface area contributed by atoms with E-state index in [0.717, 1.165) is 5.56 Å². The third-order valence-corrected chi connectivity index (χ3v) is 1.82. The Morgan fingerprint density at radius 3 is 2.64 bits per heavy atom. The van der Waals surface area contributed by atoms with Crippen LogP contribution in [0.4, 0.5) is 0 Å². The number of carbonyl (C=O) groups excluding carboxylic acids is 1. The van der Waals surface area contributed by atoms with Gasteiger partial charge in [-0.15, -0.1) is 0 Å². The largest absolute Gasteiger partial charge is 0.463 e. The second-order valence-electron chi connectivity index (χ2n) is 3.08. The fourth-order valence-electron chi connectivity index (χ4n) is 1.03. The lowest BCUT2D eigenvalue weighted by molar-refractivity contribution is -0.152. The summed E-state index contributed by atoms with van der Waals surface area (Å²) in [4.78, 5) is 10.9. The summed E-state index contributed by atoms with van der Waals surface area (Å²) in [7, 11) is 0. The van der Waals surface area contributed by atoms with Crippen LogP contribution < -0.4 is 0 Å². The molecule has 0 aliphatic carbocycles. The van der Waals surface area contributed by atoms with Crippen molar-refractivity contribution in [2.75, 3.05) is 6.61 Å². The molecule has 0 radical (unpaired) electrons. The van der Waals surface area contributed by atoms with E-state index in [9.17, 15) is 4.79 Å². The number of esters is 1. The van der Waals surface area contributed by atoms with E-state index in [-0.39, 0.29) is 0 Å². The zero-order chi connectivity index (χ0) is 10.4. The van der Waals surface area contributed by atoms with Crippen molar-refractivity contribution in [3.05, 3.63) is 35.9 Å². The maximum Gasteiger partial charge on any atom is 0.334 e. The highest BCUT2D eigenvalue weighted by molar-refractivity contribution is 5.73. The molecule has 3 nitrogen and oxygen atoms in total. The second-order valence-corrected chi connectivity index (χ2v) is 3.08. The summed E-state index contributed by atoms with van der Waals surface area (Å²) in [5.74, 6) is -0.569. The van der Waals surface area contributed by atoms with Gasteiger partial charge in [0.2, 0.25) is 0 Å². The first-order chi connectivity index (χ1) is 6.70. The first-order valence-corrected chi connectivity index (χ1v) is 4.59. The van der Waals surface area contributed by atoms with Crippen LogP contribution in [0, 0.1) is 0 Å². The Morgan fingerprint density at radius 2 is 2.07 bits per heavy atom. The van der Waals surface area contributed by atoms with Gasteiger partial charge in [-0.1, -0.05) is 30.3 Å². The fraction of sp³-hybridized carbons (Fsp3) is 0.364. The van der Waals surface area contributed by atoms with Crippen LogP contribution in [0.5, 0.6) is 0 Å². The summed E-state index contributed by atoms with van der Waals surface area (Å²) in [6, 6.07) is 9.75. The van der Waals surface area contributed by atoms with Gasteiger partial charge < -0.3 is 9.84 Å². The highest BCUT2D eigenvalue weighted by Gasteiger charge is 2.08. The van der Waals surface area contributed by atoms with Gasteiger partial charge in [0, 0.05) is 6.42 Å². The van der Waals surface area contributed by atoms with E-state index in [1.165, 1.54) is 6.92 Å². The standard InChI is InChI=1S/C11H14O3/c1-9(12)11(13)14-8-7-10-5-3-2-4-6-10/h2-6,9,12H,7-8H2,1H3. The average Bonchev–Trinajstić information content (AvgIpc) is 2.19. The summed E-state index contributed by atoms with van der Waals surface area (Å²) in [5, 5.41) is 8.84. The molecule has 0 amide bonds. The maximum atomic E-state index is 10.9. The number of hydrogen-bond donors (Lipinski definition) is 1. The summed E-state index contributed by atoms with van der Waals surface area (Å²) in [6.45, 7) is 1.71. The Bertz CT molecular complexity index is 280. The zero-order valence-electron chi connectivity index (χ0n) is 8.14. The highest BCUT2D eigenvalue weighted by Crippen LogP contribution is 2.00. The topological polar surface area (TPSA) is 46.5 Å². The first-order valence-electron chi connectivity index (χ1n) is 4.59. The molecule has 3 heteroatoms. The summed E-state index contributed by atoms with van der Waals surface area (Å²) in [6.07, 6.45) is -0.356. The van der Waals surface area contributed by atoms with Crippen LogP contribution in [0.1, 0.15) is 12.5 Å². The second kappa shape index (κ2) is 5.40. The molecule has 1 unspecified atom stereocenters. The molecule has 76 valence electrons. The normalized spacial score (nSPS) is 12.1. The minimum absolute atomic E-state index is 0.313. The Morgan fingerprint density at radius 1 is 1.43 bits per heavy atom. The molecule has 1 aromatic rings. The predicted octanol–water partition coefficient (Wildman–Crippen LogP) is 1.15. The van der Waals surface area contributed by atoms with E-state index >= 15 is 0 Å². The van der Waals surface area contributed by atoms with Gasteiger partial charge in [-0.3, -0.25) is 0 Å². The number of aliphatic hydroxyl groups excluding tert-OH is 1. The van der Waals surface area contributed by atoms with Crippen LogP contribution in [0.3, 0.4) is 0 Å². The minimum atomic E-state index is -1.04. The van der Waals surface area contributed by atoms with E-state index in [2.05, 4.69) is 0 Å². The van der Waals surface area contributed by atoms with Gasteiger partial charge in [0.15, 0.2) is 0 Å². The van der Waals surface area contributed by atoms with E-state index in [1.54, 1.807) is 0 Å². The summed E-state index contributed by atoms with van der Waals surface area (Å²) >= 11 is 0. The molecule has 0 heterocycles. The third-order valence-electron chi connectivity index (χ3n) is 1.82. The molecule has 1 atom stereocenters. The summed E-state index contributed by atoms with van der Waals surface area (Å²) < 4.78 is 4.82. The monoisotopic (exact) mass is 194 g/mol. The lowest BCUT2D eigenvalue weighted by Crippen LogP contribution is -2.20. The van der Waals surface area contributed by atoms with Crippen LogP contribution in [-0.2, 0) is 16.0 Å². The number of carbonyl (C=O) groups is 1. The molecule has 0 saturated heterocycles. The molecule has 0 aliphatic rings. The van der Waals surface area contributed by atoms with Gasteiger partial charge in [0.1, 0.15) is 6.10 Å². The van der Waals surface area contributed by atoms with Crippen LogP contribution in [-0.4, -0.2) is 23.8 Å². The van der Waals surface area contributed by atoms with Gasteiger partial charge >= 0.3 is 5.97 Å². The lowest BCUT2D eigenvalue weighted by atomic mass is 10.2. The van der Waals surface area contributed by atoms with Gasteiger partial charge in [-0.2, -0.15) is 0 Å². The Balaban J connectivity index is 2.26. The van der Waals surface area contributed by atoms with E-state index < -0.39 is 12.1 Å². The maximum absolute atomic E-state index is 10.9. The van der Waals surface area contributed by atoms with Gasteiger partial charge in [-0.25, -0.2) is 4.79 Å². The number of benzene rings is 1. The van der Waals surface area contributed by atoms with Crippen molar-refractivity contribution in [2.24, 2.45) is 0 Å². The molecule has 1 N–H and O–H groups in total. The number of aliphatic hydroxyl groups is 1. The summed E-state index contributed by atoms with van der Waals surface area (Å²) in [5.41, 5.74) is 1.12. The first kappa shape index (κ1) is 10.7. The van der Waals surface area contributed by atoms with Crippen molar-refractivity contribution in [1.29, 1.82) is 0 Å². The van der Waals surface area contributed by atoms with Crippen LogP contribution in [0.15, 0.2) is 30.3 Å². The third kappa shape index (κ3) is 3.58. The highest BCUT2D eigenvalue weighted by atomic mass is 16.5. The van der Waals surface area contributed by atoms with E-state index in [0.29, 0.717) is 13.0 Å². The van der Waals surface area contributed by atoms with Crippen molar-refractivity contribution in [1.82, 2.24) is 0 Å². The zero-order valence-corrected chi connectivity index (χ0v) is 8.14. The van der Waals surface area contributed by atoms with Crippen molar-refractivity contribution in [3.8, 4) is 0 Å². The molecular weight excluding hydrogens is 180 g/mol. The smallest absolute Gasteiger partial charge is 0.334 e. The molecule has 0 saturated carbocycles. The van der Waals surface area contributed by atoms with Gasteiger partial charge in [0.05, 0.1) is 6.61 Å². The number of hydrogen-bond acceptors (Lipinski definition) is 3. The Labute approximate surface area is 83.3 Å². The number of rotatable bonds is 4. The van der Waals surface area contributed by atoms with Gasteiger partial charge in [-0.05, 0) is 12.5 Å². The van der Waals surface area contributed by atoms with Crippen molar-refractivity contribution in [3.63, 3.8) is 0 Å². The molecule has 1 rings (SSSR count). The molecular formula is C11H14O3. The molecule has 0 aromatic heterocycles. The van der Waals surface area contributed by atoms with Crippen molar-refractivity contribution in [2.45, 2.75) is 19.4 Å². The minimum Gasteiger partial charge on any atom is -0.463 e. The molecule has 14 heavy (non-hydrogen) atoms. The van der Waals surface area contributed by atoms with Crippen LogP contribution >= 0.6 is 0 Å². The number of ether oxygens (including phenoxy) is 1. The SMILES string of the molecule is CC(O)C(=O)OCCc1ccccc1. The Kier molecular flexibility index (Phi) is 4.13. The molecule has 0 aliphatic heterocycles.